The number of nitrogens with zero attached hydrogens (tertiary/aromatic N) is 3. The van der Waals surface area contributed by atoms with Crippen molar-refractivity contribution in [3.05, 3.63) is 0 Å². The molecule has 1 N–H and O–H groups in total. The fraction of sp³-hybridized carbons (Fsp3) is 0.857. The number of amides is 2. The minimum atomic E-state index is -0.798. The Balaban J connectivity index is 1.61. The summed E-state index contributed by atoms with van der Waals surface area (Å²) in [6, 6.07) is 0.544. The second-order valence-electron chi connectivity index (χ2n) is 6.60. The van der Waals surface area contributed by atoms with Gasteiger partial charge < -0.3 is 14.9 Å². The molecule has 0 aromatic rings. The number of carbonyl (C=O) groups excluding carboxylic acids is 1. The summed E-state index contributed by atoms with van der Waals surface area (Å²) in [5, 5.41) is 9.25. The number of fused-ring (bicyclic) bond motifs is 1. The molecule has 112 valence electrons. The van der Waals surface area contributed by atoms with E-state index < -0.39 is 11.4 Å². The number of piperazine rings is 1. The molecule has 6 nitrogen and oxygen atoms in total. The predicted molar refractivity (Wildman–Crippen MR) is 73.5 cm³/mol. The van der Waals surface area contributed by atoms with Gasteiger partial charge in [-0.2, -0.15) is 0 Å². The monoisotopic (exact) mass is 281 g/mol. The van der Waals surface area contributed by atoms with Gasteiger partial charge in [-0.05, 0) is 32.7 Å². The lowest BCUT2D eigenvalue weighted by molar-refractivity contribution is -0.147. The van der Waals surface area contributed by atoms with Crippen molar-refractivity contribution in [2.24, 2.45) is 5.41 Å². The maximum atomic E-state index is 12.5. The van der Waals surface area contributed by atoms with Crippen LogP contribution in [0, 0.1) is 5.41 Å². The molecule has 3 aliphatic heterocycles. The summed E-state index contributed by atoms with van der Waals surface area (Å²) in [7, 11) is 0. The molecule has 0 saturated carbocycles. The molecule has 20 heavy (non-hydrogen) atoms. The Bertz CT molecular complexity index is 428. The molecule has 0 aromatic heterocycles. The van der Waals surface area contributed by atoms with Crippen LogP contribution in [0.15, 0.2) is 0 Å². The third kappa shape index (κ3) is 2.26. The van der Waals surface area contributed by atoms with E-state index in [1.165, 1.54) is 12.8 Å². The Morgan fingerprint density at radius 3 is 2.65 bits per heavy atom. The molecule has 0 spiro atoms. The fourth-order valence-electron chi connectivity index (χ4n) is 3.66. The largest absolute Gasteiger partial charge is 0.481 e. The van der Waals surface area contributed by atoms with Crippen LogP contribution in [-0.4, -0.2) is 77.1 Å². The molecule has 3 rings (SSSR count). The minimum Gasteiger partial charge on any atom is -0.481 e. The highest BCUT2D eigenvalue weighted by Crippen LogP contribution is 2.31. The molecular weight excluding hydrogens is 258 g/mol. The molecule has 3 fully saturated rings. The Kier molecular flexibility index (Phi) is 3.36. The molecule has 0 bridgehead atoms. The van der Waals surface area contributed by atoms with Gasteiger partial charge in [-0.15, -0.1) is 0 Å². The molecule has 2 atom stereocenters. The number of hydrogen-bond donors (Lipinski definition) is 1. The lowest BCUT2D eigenvalue weighted by atomic mass is 9.90. The lowest BCUT2D eigenvalue weighted by Crippen LogP contribution is -2.55. The molecule has 2 amide bonds. The quantitative estimate of drug-likeness (QED) is 0.768. The van der Waals surface area contributed by atoms with Crippen molar-refractivity contribution in [3.63, 3.8) is 0 Å². The van der Waals surface area contributed by atoms with Crippen LogP contribution in [0.2, 0.25) is 0 Å². The standard InChI is InChI=1S/C14H23N3O3/c1-14(12(18)19)4-6-17(10-14)13(20)16-8-7-15-5-2-3-11(15)9-16/h11H,2-10H2,1H3,(H,18,19). The number of rotatable bonds is 1. The summed E-state index contributed by atoms with van der Waals surface area (Å²) in [6.07, 6.45) is 2.96. The average Bonchev–Trinajstić information content (AvgIpc) is 3.04. The SMILES string of the molecule is CC1(C(=O)O)CCN(C(=O)N2CCN3CCCC3C2)C1. The van der Waals surface area contributed by atoms with E-state index in [-0.39, 0.29) is 6.03 Å². The first-order valence-electron chi connectivity index (χ1n) is 7.51. The van der Waals surface area contributed by atoms with E-state index in [9.17, 15) is 14.7 Å². The third-order valence-corrected chi connectivity index (χ3v) is 5.12. The van der Waals surface area contributed by atoms with Crippen molar-refractivity contribution in [2.75, 3.05) is 39.3 Å². The van der Waals surface area contributed by atoms with Crippen molar-refractivity contribution in [1.29, 1.82) is 0 Å². The summed E-state index contributed by atoms with van der Waals surface area (Å²) in [5.41, 5.74) is -0.773. The number of likely N-dealkylation sites (tertiary alicyclic amines) is 1. The topological polar surface area (TPSA) is 64.1 Å². The van der Waals surface area contributed by atoms with Crippen LogP contribution in [0.4, 0.5) is 4.79 Å². The van der Waals surface area contributed by atoms with Crippen LogP contribution < -0.4 is 0 Å². The van der Waals surface area contributed by atoms with Crippen molar-refractivity contribution in [1.82, 2.24) is 14.7 Å². The molecule has 0 aliphatic carbocycles. The van der Waals surface area contributed by atoms with Crippen LogP contribution in [0.1, 0.15) is 26.2 Å². The van der Waals surface area contributed by atoms with E-state index in [1.54, 1.807) is 11.8 Å². The number of carbonyl (C=O) groups is 2. The van der Waals surface area contributed by atoms with Gasteiger partial charge in [0.15, 0.2) is 0 Å². The Hall–Kier alpha value is -1.30. The molecule has 3 aliphatic rings. The van der Waals surface area contributed by atoms with Gasteiger partial charge in [0.2, 0.25) is 0 Å². The first kappa shape index (κ1) is 13.7. The minimum absolute atomic E-state index is 0.0292. The Morgan fingerprint density at radius 1 is 1.15 bits per heavy atom. The van der Waals surface area contributed by atoms with Crippen molar-refractivity contribution in [2.45, 2.75) is 32.2 Å². The average molecular weight is 281 g/mol. The maximum absolute atomic E-state index is 12.5. The fourth-order valence-corrected chi connectivity index (χ4v) is 3.66. The Morgan fingerprint density at radius 2 is 1.95 bits per heavy atom. The zero-order valence-electron chi connectivity index (χ0n) is 12.0. The normalized spacial score (nSPS) is 34.4. The molecule has 0 radical (unpaired) electrons. The first-order valence-corrected chi connectivity index (χ1v) is 7.51. The molecule has 2 unspecified atom stereocenters. The van der Waals surface area contributed by atoms with Gasteiger partial charge in [-0.1, -0.05) is 0 Å². The molecule has 0 aromatic carbocycles. The zero-order valence-corrected chi connectivity index (χ0v) is 12.0. The molecule has 3 heterocycles. The van der Waals surface area contributed by atoms with E-state index in [0.29, 0.717) is 25.6 Å². The second kappa shape index (κ2) is 4.91. The van der Waals surface area contributed by atoms with Gasteiger partial charge in [0.05, 0.1) is 5.41 Å². The van der Waals surface area contributed by atoms with E-state index in [2.05, 4.69) is 4.90 Å². The number of urea groups is 1. The van der Waals surface area contributed by atoms with Crippen LogP contribution in [-0.2, 0) is 4.79 Å². The van der Waals surface area contributed by atoms with Gasteiger partial charge in [0.25, 0.3) is 0 Å². The third-order valence-electron chi connectivity index (χ3n) is 5.12. The summed E-state index contributed by atoms with van der Waals surface area (Å²) in [5.74, 6) is -0.798. The van der Waals surface area contributed by atoms with Crippen molar-refractivity contribution in [3.8, 4) is 0 Å². The van der Waals surface area contributed by atoms with Gasteiger partial charge in [0.1, 0.15) is 0 Å². The summed E-state index contributed by atoms with van der Waals surface area (Å²) >= 11 is 0. The van der Waals surface area contributed by atoms with Crippen LogP contribution in [0.5, 0.6) is 0 Å². The maximum Gasteiger partial charge on any atom is 0.320 e. The van der Waals surface area contributed by atoms with Crippen molar-refractivity contribution < 1.29 is 14.7 Å². The Labute approximate surface area is 119 Å². The number of carboxylic acids is 1. The summed E-state index contributed by atoms with van der Waals surface area (Å²) < 4.78 is 0. The van der Waals surface area contributed by atoms with Gasteiger partial charge in [0, 0.05) is 38.8 Å². The molecular formula is C14H23N3O3. The highest BCUT2D eigenvalue weighted by molar-refractivity contribution is 5.79. The lowest BCUT2D eigenvalue weighted by Gasteiger charge is -2.39. The van der Waals surface area contributed by atoms with E-state index in [4.69, 9.17) is 0 Å². The smallest absolute Gasteiger partial charge is 0.320 e. The molecule has 6 heteroatoms. The first-order chi connectivity index (χ1) is 9.49. The van der Waals surface area contributed by atoms with Crippen LogP contribution in [0.25, 0.3) is 0 Å². The number of carboxylic acid groups (broad SMARTS) is 1. The van der Waals surface area contributed by atoms with Gasteiger partial charge in [-0.25, -0.2) is 4.79 Å². The number of aliphatic carboxylic acids is 1. The zero-order chi connectivity index (χ0) is 14.3. The summed E-state index contributed by atoms with van der Waals surface area (Å²) in [6.45, 7) is 6.33. The highest BCUT2D eigenvalue weighted by Gasteiger charge is 2.44. The second-order valence-corrected chi connectivity index (χ2v) is 6.60. The van der Waals surface area contributed by atoms with E-state index in [1.807, 2.05) is 4.90 Å². The molecule has 3 saturated heterocycles. The predicted octanol–water partition coefficient (Wildman–Crippen LogP) is 0.683. The van der Waals surface area contributed by atoms with Crippen LogP contribution in [0.3, 0.4) is 0 Å². The van der Waals surface area contributed by atoms with Gasteiger partial charge >= 0.3 is 12.0 Å². The van der Waals surface area contributed by atoms with E-state index in [0.717, 1.165) is 26.2 Å². The summed E-state index contributed by atoms with van der Waals surface area (Å²) in [4.78, 5) is 29.9. The van der Waals surface area contributed by atoms with E-state index >= 15 is 0 Å². The highest BCUT2D eigenvalue weighted by atomic mass is 16.4. The van der Waals surface area contributed by atoms with Crippen molar-refractivity contribution >= 4 is 12.0 Å². The van der Waals surface area contributed by atoms with Gasteiger partial charge in [-0.3, -0.25) is 9.69 Å². The van der Waals surface area contributed by atoms with Crippen LogP contribution >= 0.6 is 0 Å². The number of hydrogen-bond acceptors (Lipinski definition) is 3.